The van der Waals surface area contributed by atoms with Crippen LogP contribution in [0.4, 0.5) is 4.79 Å². The number of para-hydroxylation sites is 1. The Labute approximate surface area is 233 Å². The van der Waals surface area contributed by atoms with Gasteiger partial charge in [0.2, 0.25) is 17.7 Å². The van der Waals surface area contributed by atoms with Gasteiger partial charge in [-0.1, -0.05) is 57.2 Å². The predicted molar refractivity (Wildman–Crippen MR) is 151 cm³/mol. The van der Waals surface area contributed by atoms with Crippen LogP contribution in [-0.4, -0.2) is 57.5 Å². The molecule has 10 nitrogen and oxygen atoms in total. The number of nitrogens with one attached hydrogen (secondary N) is 2. The Morgan fingerprint density at radius 3 is 2.10 bits per heavy atom. The number of hydrogen-bond acceptors (Lipinski definition) is 6. The van der Waals surface area contributed by atoms with Crippen LogP contribution in [0.25, 0.3) is 0 Å². The number of phenolic OH excluding ortho intramolecular Hbond substituents is 1. The van der Waals surface area contributed by atoms with Gasteiger partial charge in [0.1, 0.15) is 23.4 Å². The Bertz CT molecular complexity index is 967. The van der Waals surface area contributed by atoms with Gasteiger partial charge in [-0.3, -0.25) is 14.4 Å². The van der Waals surface area contributed by atoms with Gasteiger partial charge in [0.05, 0.1) is 6.42 Å². The molecule has 0 fully saturated rings. The van der Waals surface area contributed by atoms with Gasteiger partial charge in [0.25, 0.3) is 0 Å². The Morgan fingerprint density at radius 2 is 1.56 bits per heavy atom. The summed E-state index contributed by atoms with van der Waals surface area (Å²) in [6, 6.07) is 3.73. The summed E-state index contributed by atoms with van der Waals surface area (Å²) in [5.74, 6) is -2.13. The first-order valence-electron chi connectivity index (χ1n) is 13.7. The molecule has 0 aliphatic rings. The van der Waals surface area contributed by atoms with Crippen LogP contribution in [-0.2, 0) is 19.1 Å². The number of aromatic hydroxyl groups is 1. The molecule has 2 atom stereocenters. The number of nitrogens with two attached hydrogens (primary N) is 1. The number of primary amides is 1. The smallest absolute Gasteiger partial charge is 0.408 e. The van der Waals surface area contributed by atoms with Crippen molar-refractivity contribution in [2.24, 2.45) is 5.73 Å². The number of phenols is 1. The SMILES string of the molecule is CCCCCCCCN(C(=O)C(CC(N)=O)NC(=O)OC(C)(C)C)C(C(=O)NC(C)(C)C)c1ccccc1O. The van der Waals surface area contributed by atoms with Crippen LogP contribution in [0.2, 0.25) is 0 Å². The maximum Gasteiger partial charge on any atom is 0.408 e. The second-order valence-corrected chi connectivity index (χ2v) is 11.9. The van der Waals surface area contributed by atoms with Crippen molar-refractivity contribution >= 4 is 23.8 Å². The first-order chi connectivity index (χ1) is 18.1. The average Bonchev–Trinajstić information content (AvgIpc) is 2.77. The lowest BCUT2D eigenvalue weighted by Gasteiger charge is -2.36. The Hall–Kier alpha value is -3.30. The summed E-state index contributed by atoms with van der Waals surface area (Å²) in [6.45, 7) is 12.7. The number of ether oxygens (including phenoxy) is 1. The van der Waals surface area contributed by atoms with Gasteiger partial charge in [0.15, 0.2) is 0 Å². The first kappa shape index (κ1) is 33.7. The van der Waals surface area contributed by atoms with Gasteiger partial charge in [-0.05, 0) is 54.0 Å². The maximum absolute atomic E-state index is 14.0. The van der Waals surface area contributed by atoms with Crippen LogP contribution >= 0.6 is 0 Å². The minimum atomic E-state index is -1.37. The fourth-order valence-corrected chi connectivity index (χ4v) is 4.09. The Kier molecular flexibility index (Phi) is 13.3. The fourth-order valence-electron chi connectivity index (χ4n) is 4.09. The van der Waals surface area contributed by atoms with E-state index in [0.29, 0.717) is 6.42 Å². The van der Waals surface area contributed by atoms with E-state index in [4.69, 9.17) is 10.5 Å². The zero-order chi connectivity index (χ0) is 29.8. The third-order valence-corrected chi connectivity index (χ3v) is 5.72. The number of unbranched alkanes of at least 4 members (excludes halogenated alkanes) is 5. The van der Waals surface area contributed by atoms with Crippen LogP contribution in [0.15, 0.2) is 24.3 Å². The van der Waals surface area contributed by atoms with Crippen molar-refractivity contribution in [3.8, 4) is 5.75 Å². The second kappa shape index (κ2) is 15.3. The van der Waals surface area contributed by atoms with Crippen molar-refractivity contribution in [3.05, 3.63) is 29.8 Å². The molecular weight excluding hydrogens is 500 g/mol. The van der Waals surface area contributed by atoms with E-state index in [1.165, 1.54) is 11.0 Å². The van der Waals surface area contributed by atoms with Gasteiger partial charge in [-0.2, -0.15) is 0 Å². The number of benzene rings is 1. The lowest BCUT2D eigenvalue weighted by Crippen LogP contribution is -2.55. The van der Waals surface area contributed by atoms with Crippen molar-refractivity contribution in [1.82, 2.24) is 15.5 Å². The van der Waals surface area contributed by atoms with Crippen molar-refractivity contribution < 1.29 is 29.0 Å². The largest absolute Gasteiger partial charge is 0.508 e. The highest BCUT2D eigenvalue weighted by Gasteiger charge is 2.38. The molecule has 4 amide bonds. The van der Waals surface area contributed by atoms with E-state index in [9.17, 15) is 24.3 Å². The van der Waals surface area contributed by atoms with E-state index in [-0.39, 0.29) is 17.9 Å². The molecule has 0 aliphatic carbocycles. The minimum Gasteiger partial charge on any atom is -0.508 e. The summed E-state index contributed by atoms with van der Waals surface area (Å²) < 4.78 is 5.30. The van der Waals surface area contributed by atoms with Crippen LogP contribution < -0.4 is 16.4 Å². The third-order valence-electron chi connectivity index (χ3n) is 5.72. The molecule has 10 heteroatoms. The average molecular weight is 549 g/mol. The molecule has 0 bridgehead atoms. The molecule has 0 saturated carbocycles. The molecule has 0 spiro atoms. The van der Waals surface area contributed by atoms with E-state index < -0.39 is 53.5 Å². The monoisotopic (exact) mass is 548 g/mol. The number of alkyl carbamates (subject to hydrolysis) is 1. The Morgan fingerprint density at radius 1 is 0.974 bits per heavy atom. The van der Waals surface area contributed by atoms with Crippen LogP contribution in [0.5, 0.6) is 5.75 Å². The maximum atomic E-state index is 14.0. The number of rotatable bonds is 14. The second-order valence-electron chi connectivity index (χ2n) is 11.9. The highest BCUT2D eigenvalue weighted by molar-refractivity contribution is 5.95. The van der Waals surface area contributed by atoms with E-state index in [2.05, 4.69) is 17.6 Å². The summed E-state index contributed by atoms with van der Waals surface area (Å²) >= 11 is 0. The van der Waals surface area contributed by atoms with Crippen LogP contribution in [0, 0.1) is 0 Å². The summed E-state index contributed by atoms with van der Waals surface area (Å²) in [7, 11) is 0. The normalized spacial score (nSPS) is 13.2. The predicted octanol–water partition coefficient (Wildman–Crippen LogP) is 4.31. The molecular formula is C29H48N4O6. The molecule has 0 saturated heterocycles. The minimum absolute atomic E-state index is 0.154. The zero-order valence-electron chi connectivity index (χ0n) is 24.6. The molecule has 2 unspecified atom stereocenters. The summed E-state index contributed by atoms with van der Waals surface area (Å²) in [6.07, 6.45) is 4.25. The van der Waals surface area contributed by atoms with Gasteiger partial charge in [0, 0.05) is 17.6 Å². The number of carbonyl (C=O) groups excluding carboxylic acids is 4. The molecule has 0 aromatic heterocycles. The molecule has 0 radical (unpaired) electrons. The van der Waals surface area contributed by atoms with E-state index in [1.54, 1.807) is 39.0 Å². The Balaban J connectivity index is 3.50. The highest BCUT2D eigenvalue weighted by Crippen LogP contribution is 2.31. The number of carbonyl (C=O) groups is 4. The molecule has 0 heterocycles. The quantitative estimate of drug-likeness (QED) is 0.254. The zero-order valence-corrected chi connectivity index (χ0v) is 24.6. The molecule has 5 N–H and O–H groups in total. The topological polar surface area (TPSA) is 151 Å². The van der Waals surface area contributed by atoms with E-state index in [1.807, 2.05) is 20.8 Å². The highest BCUT2D eigenvalue weighted by atomic mass is 16.6. The lowest BCUT2D eigenvalue weighted by atomic mass is 9.98. The van der Waals surface area contributed by atoms with Crippen LogP contribution in [0.3, 0.4) is 0 Å². The molecule has 1 aromatic carbocycles. The number of nitrogens with zero attached hydrogens (tertiary/aromatic N) is 1. The first-order valence-corrected chi connectivity index (χ1v) is 13.7. The van der Waals surface area contributed by atoms with Gasteiger partial charge in [-0.15, -0.1) is 0 Å². The summed E-state index contributed by atoms with van der Waals surface area (Å²) in [4.78, 5) is 53.5. The van der Waals surface area contributed by atoms with Crippen molar-refractivity contribution in [3.63, 3.8) is 0 Å². The summed E-state index contributed by atoms with van der Waals surface area (Å²) in [5, 5.41) is 16.1. The number of amides is 4. The molecule has 0 aliphatic heterocycles. The summed E-state index contributed by atoms with van der Waals surface area (Å²) in [5.41, 5.74) is 4.20. The number of hydrogen-bond donors (Lipinski definition) is 4. The molecule has 1 aromatic rings. The van der Waals surface area contributed by atoms with Crippen LogP contribution in [0.1, 0.15) is 105 Å². The van der Waals surface area contributed by atoms with Crippen molar-refractivity contribution in [2.75, 3.05) is 6.54 Å². The molecule has 39 heavy (non-hydrogen) atoms. The van der Waals surface area contributed by atoms with Crippen molar-refractivity contribution in [1.29, 1.82) is 0 Å². The van der Waals surface area contributed by atoms with Gasteiger partial charge >= 0.3 is 6.09 Å². The van der Waals surface area contributed by atoms with Crippen molar-refractivity contribution in [2.45, 2.75) is 117 Å². The molecule has 1 rings (SSSR count). The lowest BCUT2D eigenvalue weighted by molar-refractivity contribution is -0.144. The van der Waals surface area contributed by atoms with E-state index >= 15 is 0 Å². The van der Waals surface area contributed by atoms with Gasteiger partial charge < -0.3 is 31.1 Å². The van der Waals surface area contributed by atoms with Gasteiger partial charge in [-0.25, -0.2) is 4.79 Å². The standard InChI is InChI=1S/C29H48N4O6/c1-8-9-10-11-12-15-18-33(26(37)21(19-23(30)35)31-27(38)39-29(5,6)7)24(25(36)32-28(2,3)4)20-16-13-14-17-22(20)34/h13-14,16-17,21,24,34H,8-12,15,18-19H2,1-7H3,(H2,30,35)(H,31,38)(H,32,36). The third kappa shape index (κ3) is 12.9. The molecule has 220 valence electrons. The van der Waals surface area contributed by atoms with E-state index in [0.717, 1.165) is 32.1 Å². The fraction of sp³-hybridized carbons (Fsp3) is 0.655.